The predicted octanol–water partition coefficient (Wildman–Crippen LogP) is 4.69. The Labute approximate surface area is 189 Å². The lowest BCUT2D eigenvalue weighted by Gasteiger charge is -2.48. The molecule has 3 N–H and O–H groups in total. The number of nitrogens with zero attached hydrogens (tertiary/aromatic N) is 1. The summed E-state index contributed by atoms with van der Waals surface area (Å²) in [5.41, 5.74) is 2.40. The van der Waals surface area contributed by atoms with Gasteiger partial charge in [0.2, 0.25) is 0 Å². The number of nitrogens with one attached hydrogen (secondary N) is 1. The third kappa shape index (κ3) is 5.24. The second-order valence-electron chi connectivity index (χ2n) is 9.90. The summed E-state index contributed by atoms with van der Waals surface area (Å²) >= 11 is 6.67. The Morgan fingerprint density at radius 3 is 2.71 bits per heavy atom. The Kier molecular flexibility index (Phi) is 7.01. The summed E-state index contributed by atoms with van der Waals surface area (Å²) in [6, 6.07) is 5.70. The number of carboxylic acid groups (broad SMARTS) is 1. The lowest BCUT2D eigenvalue weighted by atomic mass is 9.67. The van der Waals surface area contributed by atoms with E-state index in [9.17, 15) is 14.7 Å². The van der Waals surface area contributed by atoms with Crippen LogP contribution in [0, 0.1) is 11.3 Å². The number of carbonyl (C=O) groups is 2. The van der Waals surface area contributed by atoms with Crippen molar-refractivity contribution in [3.63, 3.8) is 0 Å². The molecule has 1 aliphatic carbocycles. The third-order valence-corrected chi connectivity index (χ3v) is 6.74. The normalized spacial score (nSPS) is 23.8. The van der Waals surface area contributed by atoms with Crippen molar-refractivity contribution in [1.82, 2.24) is 10.2 Å². The molecule has 1 heterocycles. The Bertz CT molecular complexity index is 877. The van der Waals surface area contributed by atoms with Gasteiger partial charge in [-0.3, -0.25) is 4.79 Å². The number of aliphatic hydroxyl groups excluding tert-OH is 1. The maximum absolute atomic E-state index is 12.9. The molecule has 0 spiro atoms. The number of halogens is 1. The fourth-order valence-electron chi connectivity index (χ4n) is 4.57. The molecule has 6 nitrogen and oxygen atoms in total. The molecule has 0 aromatic heterocycles. The van der Waals surface area contributed by atoms with Crippen LogP contribution in [0.5, 0.6) is 0 Å². The van der Waals surface area contributed by atoms with Gasteiger partial charge in [0.25, 0.3) is 0 Å². The zero-order valence-electron chi connectivity index (χ0n) is 18.6. The molecular weight excluding hydrogens is 416 g/mol. The first-order valence-corrected chi connectivity index (χ1v) is 11.4. The first-order valence-electron chi connectivity index (χ1n) is 11.0. The summed E-state index contributed by atoms with van der Waals surface area (Å²) in [6.07, 6.45) is 5.92. The topological polar surface area (TPSA) is 89.9 Å². The molecule has 0 bridgehead atoms. The summed E-state index contributed by atoms with van der Waals surface area (Å²) in [4.78, 5) is 25.3. The molecule has 7 heteroatoms. The Morgan fingerprint density at radius 1 is 1.35 bits per heavy atom. The number of amides is 2. The fraction of sp³-hybridized carbons (Fsp3) is 0.583. The number of hydrogen-bond donors (Lipinski definition) is 3. The summed E-state index contributed by atoms with van der Waals surface area (Å²) in [5, 5.41) is 22.9. The van der Waals surface area contributed by atoms with Crippen molar-refractivity contribution in [3.05, 3.63) is 46.1 Å². The second kappa shape index (κ2) is 9.21. The minimum atomic E-state index is -0.956. The van der Waals surface area contributed by atoms with Gasteiger partial charge in [-0.15, -0.1) is 0 Å². The number of benzene rings is 1. The molecule has 2 aliphatic rings. The van der Waals surface area contributed by atoms with Gasteiger partial charge in [-0.25, -0.2) is 4.79 Å². The maximum Gasteiger partial charge on any atom is 0.322 e. The largest absolute Gasteiger partial charge is 0.481 e. The van der Waals surface area contributed by atoms with Crippen molar-refractivity contribution in [2.24, 2.45) is 11.3 Å². The van der Waals surface area contributed by atoms with E-state index >= 15 is 0 Å². The van der Waals surface area contributed by atoms with Gasteiger partial charge in [0.1, 0.15) is 0 Å². The molecule has 0 saturated heterocycles. The van der Waals surface area contributed by atoms with Crippen LogP contribution in [0.25, 0.3) is 0 Å². The average molecular weight is 449 g/mol. The summed E-state index contributed by atoms with van der Waals surface area (Å²) in [5.74, 6) is -1.05. The quantitative estimate of drug-likeness (QED) is 0.564. The van der Waals surface area contributed by atoms with Gasteiger partial charge in [-0.05, 0) is 60.3 Å². The van der Waals surface area contributed by atoms with E-state index in [0.29, 0.717) is 11.4 Å². The van der Waals surface area contributed by atoms with Crippen LogP contribution >= 0.6 is 11.6 Å². The highest BCUT2D eigenvalue weighted by Gasteiger charge is 2.47. The van der Waals surface area contributed by atoms with E-state index in [-0.39, 0.29) is 36.9 Å². The molecule has 2 amide bonds. The average Bonchev–Trinajstić information content (AvgIpc) is 2.69. The number of hydrogen-bond acceptors (Lipinski definition) is 3. The second-order valence-corrected chi connectivity index (χ2v) is 10.3. The van der Waals surface area contributed by atoms with E-state index in [2.05, 4.69) is 26.1 Å². The monoisotopic (exact) mass is 448 g/mol. The smallest absolute Gasteiger partial charge is 0.322 e. The number of carbonyl (C=O) groups excluding carboxylic acids is 1. The summed E-state index contributed by atoms with van der Waals surface area (Å²) < 4.78 is 0. The Hall–Kier alpha value is -2.05. The van der Waals surface area contributed by atoms with Crippen molar-refractivity contribution in [1.29, 1.82) is 0 Å². The lowest BCUT2D eigenvalue weighted by molar-refractivity contribution is -0.137. The van der Waals surface area contributed by atoms with Gasteiger partial charge < -0.3 is 20.4 Å². The van der Waals surface area contributed by atoms with Crippen LogP contribution in [0.4, 0.5) is 4.79 Å². The SMILES string of the molecule is CC(C)(C)CCc1ccc(C23CCCC(CO)C2=CN(CCC(=O)O)C(=O)N3)cc1Cl. The highest BCUT2D eigenvalue weighted by atomic mass is 35.5. The Morgan fingerprint density at radius 2 is 2.10 bits per heavy atom. The molecule has 170 valence electrons. The molecule has 1 aromatic carbocycles. The van der Waals surface area contributed by atoms with Gasteiger partial charge in [-0.1, -0.05) is 44.5 Å². The van der Waals surface area contributed by atoms with Crippen LogP contribution in [0.15, 0.2) is 30.0 Å². The minimum absolute atomic E-state index is 0.0202. The van der Waals surface area contributed by atoms with Gasteiger partial charge in [0.05, 0.1) is 12.0 Å². The highest BCUT2D eigenvalue weighted by molar-refractivity contribution is 6.31. The van der Waals surface area contributed by atoms with Crippen molar-refractivity contribution in [3.8, 4) is 0 Å². The van der Waals surface area contributed by atoms with E-state index in [4.69, 9.17) is 16.7 Å². The number of aliphatic hydroxyl groups is 1. The summed E-state index contributed by atoms with van der Waals surface area (Å²) in [7, 11) is 0. The fourth-order valence-corrected chi connectivity index (χ4v) is 4.85. The van der Waals surface area contributed by atoms with Crippen LogP contribution < -0.4 is 5.32 Å². The van der Waals surface area contributed by atoms with Crippen LogP contribution in [0.1, 0.15) is 64.0 Å². The number of aliphatic carboxylic acids is 1. The number of urea groups is 1. The highest BCUT2D eigenvalue weighted by Crippen LogP contribution is 2.47. The molecule has 31 heavy (non-hydrogen) atoms. The lowest BCUT2D eigenvalue weighted by Crippen LogP contribution is -2.58. The zero-order valence-corrected chi connectivity index (χ0v) is 19.3. The first kappa shape index (κ1) is 23.6. The molecule has 1 fully saturated rings. The molecule has 1 saturated carbocycles. The zero-order chi connectivity index (χ0) is 22.8. The van der Waals surface area contributed by atoms with E-state index < -0.39 is 11.5 Å². The number of aryl methyl sites for hydroxylation is 1. The van der Waals surface area contributed by atoms with Gasteiger partial charge in [0, 0.05) is 30.3 Å². The van der Waals surface area contributed by atoms with E-state index in [0.717, 1.165) is 42.4 Å². The minimum Gasteiger partial charge on any atom is -0.481 e. The van der Waals surface area contributed by atoms with Gasteiger partial charge >= 0.3 is 12.0 Å². The van der Waals surface area contributed by atoms with Crippen molar-refractivity contribution in [2.45, 2.75) is 64.8 Å². The predicted molar refractivity (Wildman–Crippen MR) is 121 cm³/mol. The van der Waals surface area contributed by atoms with Crippen molar-refractivity contribution in [2.75, 3.05) is 13.2 Å². The van der Waals surface area contributed by atoms with Crippen LogP contribution in [-0.4, -0.2) is 40.3 Å². The molecular formula is C24H33ClN2O4. The molecule has 1 aromatic rings. The van der Waals surface area contributed by atoms with E-state index in [1.165, 1.54) is 4.90 Å². The van der Waals surface area contributed by atoms with Crippen molar-refractivity contribution < 1.29 is 19.8 Å². The molecule has 2 unspecified atom stereocenters. The summed E-state index contributed by atoms with van der Waals surface area (Å²) in [6.45, 7) is 6.68. The molecule has 3 rings (SSSR count). The van der Waals surface area contributed by atoms with Crippen LogP contribution in [0.3, 0.4) is 0 Å². The Balaban J connectivity index is 1.97. The van der Waals surface area contributed by atoms with Crippen LogP contribution in [-0.2, 0) is 16.8 Å². The maximum atomic E-state index is 12.9. The first-order chi connectivity index (χ1) is 14.6. The number of carboxylic acids is 1. The van der Waals surface area contributed by atoms with E-state index in [1.54, 1.807) is 6.20 Å². The van der Waals surface area contributed by atoms with Gasteiger partial charge in [0.15, 0.2) is 0 Å². The molecule has 2 atom stereocenters. The number of fused-ring (bicyclic) bond motifs is 1. The molecule has 1 aliphatic heterocycles. The van der Waals surface area contributed by atoms with E-state index in [1.807, 2.05) is 18.2 Å². The van der Waals surface area contributed by atoms with Gasteiger partial charge in [-0.2, -0.15) is 0 Å². The van der Waals surface area contributed by atoms with Crippen LogP contribution in [0.2, 0.25) is 5.02 Å². The van der Waals surface area contributed by atoms with Crippen molar-refractivity contribution >= 4 is 23.6 Å². The standard InChI is InChI=1S/C24H33ClN2O4/c1-23(2,3)11-8-16-6-7-18(13-20(16)25)24-10-4-5-17(15-28)19(24)14-27(22(31)26-24)12-9-21(29)30/h6-7,13-14,17,28H,4-5,8-12,15H2,1-3H3,(H,26,31)(H,29,30). The number of rotatable bonds is 7. The third-order valence-electron chi connectivity index (χ3n) is 6.39. The molecule has 0 radical (unpaired) electrons.